The molecule has 0 saturated carbocycles. The van der Waals surface area contributed by atoms with E-state index in [-0.39, 0.29) is 5.82 Å². The Morgan fingerprint density at radius 3 is 2.41 bits per heavy atom. The molecule has 0 saturated heterocycles. The van der Waals surface area contributed by atoms with Crippen LogP contribution in [0.3, 0.4) is 0 Å². The maximum atomic E-state index is 13.3. The molecule has 1 nitrogen and oxygen atoms in total. The van der Waals surface area contributed by atoms with Gasteiger partial charge in [-0.1, -0.05) is 78.9 Å². The molecule has 0 fully saturated rings. The van der Waals surface area contributed by atoms with Gasteiger partial charge in [0.25, 0.3) is 0 Å². The summed E-state index contributed by atoms with van der Waals surface area (Å²) in [7, 11) is 0. The minimum absolute atomic E-state index is 0.236. The van der Waals surface area contributed by atoms with E-state index in [0.29, 0.717) is 5.92 Å². The van der Waals surface area contributed by atoms with E-state index in [0.717, 1.165) is 28.9 Å². The molecule has 32 heavy (non-hydrogen) atoms. The Balaban J connectivity index is 1.57. The fourth-order valence-electron chi connectivity index (χ4n) is 4.08. The van der Waals surface area contributed by atoms with Crippen LogP contribution in [-0.2, 0) is 0 Å². The van der Waals surface area contributed by atoms with Gasteiger partial charge < -0.3 is 5.32 Å². The summed E-state index contributed by atoms with van der Waals surface area (Å²) in [5, 5.41) is 3.43. The van der Waals surface area contributed by atoms with Gasteiger partial charge in [0.1, 0.15) is 5.82 Å². The number of benzene rings is 3. The van der Waals surface area contributed by atoms with Crippen LogP contribution in [0.5, 0.6) is 0 Å². The van der Waals surface area contributed by atoms with Gasteiger partial charge in [-0.3, -0.25) is 0 Å². The van der Waals surface area contributed by atoms with Crippen molar-refractivity contribution in [3.8, 4) is 0 Å². The number of allylic oxidation sites excluding steroid dienone is 8. The summed E-state index contributed by atoms with van der Waals surface area (Å²) in [6, 6.07) is 25.4. The molecule has 160 valence electrons. The summed E-state index contributed by atoms with van der Waals surface area (Å²) in [4.78, 5) is 0. The number of hydrogen-bond donors (Lipinski definition) is 1. The van der Waals surface area contributed by atoms with Crippen molar-refractivity contribution in [2.45, 2.75) is 26.2 Å². The standard InChI is InChI=1S/C30H28FN/c1-3-23(29-14-7-8-15-30(29)32-28-18-16-27(31)17-19-28)20-22(2)25-12-9-13-26(21-25)24-10-5-4-6-11-24/h3-20,26,32H,21H2,1-2H3/b22-20+,23-3+. The Kier molecular flexibility index (Phi) is 6.81. The minimum Gasteiger partial charge on any atom is -0.355 e. The molecule has 3 aromatic rings. The molecule has 4 rings (SSSR count). The van der Waals surface area contributed by atoms with E-state index in [1.165, 1.54) is 28.8 Å². The van der Waals surface area contributed by atoms with E-state index in [2.05, 4.69) is 92.0 Å². The third-order valence-corrected chi connectivity index (χ3v) is 5.86. The van der Waals surface area contributed by atoms with Gasteiger partial charge in [0.05, 0.1) is 0 Å². The molecule has 1 aliphatic rings. The lowest BCUT2D eigenvalue weighted by Crippen LogP contribution is -2.02. The molecule has 0 aliphatic heterocycles. The zero-order chi connectivity index (χ0) is 22.3. The quantitative estimate of drug-likeness (QED) is 0.393. The van der Waals surface area contributed by atoms with Crippen LogP contribution >= 0.6 is 0 Å². The van der Waals surface area contributed by atoms with Crippen molar-refractivity contribution in [2.75, 3.05) is 5.32 Å². The molecule has 0 radical (unpaired) electrons. The Morgan fingerprint density at radius 1 is 0.938 bits per heavy atom. The van der Waals surface area contributed by atoms with E-state index >= 15 is 0 Å². The molecule has 1 aliphatic carbocycles. The van der Waals surface area contributed by atoms with Crippen LogP contribution < -0.4 is 5.32 Å². The molecular weight excluding hydrogens is 393 g/mol. The molecule has 2 heteroatoms. The van der Waals surface area contributed by atoms with Crippen molar-refractivity contribution in [1.29, 1.82) is 0 Å². The Bertz CT molecular complexity index is 1180. The van der Waals surface area contributed by atoms with Crippen molar-refractivity contribution in [2.24, 2.45) is 0 Å². The number of nitrogens with one attached hydrogen (secondary N) is 1. The maximum absolute atomic E-state index is 13.3. The first kappa shape index (κ1) is 21.6. The van der Waals surface area contributed by atoms with Crippen molar-refractivity contribution in [1.82, 2.24) is 0 Å². The van der Waals surface area contributed by atoms with E-state index < -0.39 is 0 Å². The van der Waals surface area contributed by atoms with Crippen LogP contribution in [0.2, 0.25) is 0 Å². The number of rotatable bonds is 6. The van der Waals surface area contributed by atoms with Gasteiger partial charge >= 0.3 is 0 Å². The molecule has 3 aromatic carbocycles. The molecule has 1 atom stereocenters. The summed E-state index contributed by atoms with van der Waals surface area (Å²) in [6.07, 6.45) is 12.1. The highest BCUT2D eigenvalue weighted by Crippen LogP contribution is 2.34. The summed E-state index contributed by atoms with van der Waals surface area (Å²) in [5.74, 6) is 0.168. The zero-order valence-corrected chi connectivity index (χ0v) is 18.6. The summed E-state index contributed by atoms with van der Waals surface area (Å²) in [6.45, 7) is 4.25. The van der Waals surface area contributed by atoms with Crippen molar-refractivity contribution < 1.29 is 4.39 Å². The third kappa shape index (κ3) is 5.15. The van der Waals surface area contributed by atoms with Crippen LogP contribution in [0.4, 0.5) is 15.8 Å². The van der Waals surface area contributed by atoms with Crippen molar-refractivity contribution >= 4 is 16.9 Å². The Labute approximate surface area is 190 Å². The molecule has 0 spiro atoms. The lowest BCUT2D eigenvalue weighted by atomic mass is 9.85. The average Bonchev–Trinajstić information content (AvgIpc) is 2.85. The zero-order valence-electron chi connectivity index (χ0n) is 18.6. The Morgan fingerprint density at radius 2 is 1.66 bits per heavy atom. The van der Waals surface area contributed by atoms with Gasteiger partial charge in [-0.15, -0.1) is 0 Å². The van der Waals surface area contributed by atoms with E-state index in [4.69, 9.17) is 0 Å². The van der Waals surface area contributed by atoms with Crippen LogP contribution in [0, 0.1) is 5.82 Å². The summed E-state index contributed by atoms with van der Waals surface area (Å²) < 4.78 is 13.3. The Hall–Kier alpha value is -3.65. The monoisotopic (exact) mass is 421 g/mol. The first-order chi connectivity index (χ1) is 15.6. The minimum atomic E-state index is -0.236. The third-order valence-electron chi connectivity index (χ3n) is 5.86. The van der Waals surface area contributed by atoms with E-state index in [9.17, 15) is 4.39 Å². The molecule has 0 bridgehead atoms. The second-order valence-electron chi connectivity index (χ2n) is 8.05. The predicted octanol–water partition coefficient (Wildman–Crippen LogP) is 8.59. The molecule has 0 amide bonds. The van der Waals surface area contributed by atoms with Gasteiger partial charge in [0.2, 0.25) is 0 Å². The smallest absolute Gasteiger partial charge is 0.123 e. The van der Waals surface area contributed by atoms with Crippen LogP contribution in [0.25, 0.3) is 5.57 Å². The fraction of sp³-hybridized carbons (Fsp3) is 0.133. The average molecular weight is 422 g/mol. The second kappa shape index (κ2) is 10.1. The van der Waals surface area contributed by atoms with Crippen LogP contribution in [0.1, 0.15) is 37.3 Å². The number of anilines is 2. The molecule has 0 aromatic heterocycles. The van der Waals surface area contributed by atoms with Crippen LogP contribution in [-0.4, -0.2) is 0 Å². The largest absolute Gasteiger partial charge is 0.355 e. The van der Waals surface area contributed by atoms with E-state index in [1.807, 2.05) is 12.1 Å². The maximum Gasteiger partial charge on any atom is 0.123 e. The number of halogens is 1. The lowest BCUT2D eigenvalue weighted by Gasteiger charge is -2.20. The van der Waals surface area contributed by atoms with Gasteiger partial charge in [-0.2, -0.15) is 0 Å². The first-order valence-electron chi connectivity index (χ1n) is 11.0. The highest BCUT2D eigenvalue weighted by molar-refractivity contribution is 5.84. The summed E-state index contributed by atoms with van der Waals surface area (Å²) >= 11 is 0. The fourth-order valence-corrected chi connectivity index (χ4v) is 4.08. The number of hydrogen-bond acceptors (Lipinski definition) is 1. The predicted molar refractivity (Wildman–Crippen MR) is 135 cm³/mol. The molecular formula is C30H28FN. The first-order valence-corrected chi connectivity index (χ1v) is 11.0. The second-order valence-corrected chi connectivity index (χ2v) is 8.05. The van der Waals surface area contributed by atoms with Gasteiger partial charge in [-0.05, 0) is 72.9 Å². The topological polar surface area (TPSA) is 12.0 Å². The lowest BCUT2D eigenvalue weighted by molar-refractivity contribution is 0.628. The van der Waals surface area contributed by atoms with E-state index in [1.54, 1.807) is 12.1 Å². The van der Waals surface area contributed by atoms with Gasteiger partial charge in [0.15, 0.2) is 0 Å². The normalized spacial score (nSPS) is 16.6. The van der Waals surface area contributed by atoms with Crippen molar-refractivity contribution in [3.05, 3.63) is 137 Å². The van der Waals surface area contributed by atoms with Crippen LogP contribution in [0.15, 0.2) is 120 Å². The highest BCUT2D eigenvalue weighted by atomic mass is 19.1. The molecule has 0 heterocycles. The van der Waals surface area contributed by atoms with Crippen molar-refractivity contribution in [3.63, 3.8) is 0 Å². The van der Waals surface area contributed by atoms with Gasteiger partial charge in [0, 0.05) is 22.9 Å². The van der Waals surface area contributed by atoms with Gasteiger partial charge in [-0.25, -0.2) is 4.39 Å². The number of para-hydroxylation sites is 1. The summed E-state index contributed by atoms with van der Waals surface area (Å²) in [5.41, 5.74) is 8.09. The molecule has 1 unspecified atom stereocenters. The highest BCUT2D eigenvalue weighted by Gasteiger charge is 2.15. The SMILES string of the molecule is C/C=C(\C=C(/C)C1=CC=CC(c2ccccc2)C1)c1ccccc1Nc1ccc(F)cc1. The molecule has 1 N–H and O–H groups in total.